The zero-order valence-corrected chi connectivity index (χ0v) is 12.6. The molecule has 0 bridgehead atoms. The highest BCUT2D eigenvalue weighted by Gasteiger charge is 2.18. The molecule has 0 saturated heterocycles. The van der Waals surface area contributed by atoms with Crippen molar-refractivity contribution in [3.8, 4) is 10.8 Å². The monoisotopic (exact) mass is 303 g/mol. The van der Waals surface area contributed by atoms with Crippen molar-refractivity contribution in [2.45, 2.75) is 20.8 Å². The highest BCUT2D eigenvalue weighted by atomic mass is 32.1. The molecule has 0 atom stereocenters. The van der Waals surface area contributed by atoms with Crippen molar-refractivity contribution in [3.05, 3.63) is 40.4 Å². The van der Waals surface area contributed by atoms with Crippen molar-refractivity contribution in [3.63, 3.8) is 0 Å². The molecular weight excluding hydrogens is 290 g/mol. The third-order valence-corrected chi connectivity index (χ3v) is 3.82. The van der Waals surface area contributed by atoms with Crippen molar-refractivity contribution < 1.29 is 13.7 Å². The number of anilines is 1. The summed E-state index contributed by atoms with van der Waals surface area (Å²) in [4.78, 5) is 17.2. The molecule has 3 rings (SSSR count). The van der Waals surface area contributed by atoms with Crippen molar-refractivity contribution in [1.82, 2.24) is 10.1 Å². The first-order valence-electron chi connectivity index (χ1n) is 6.31. The lowest BCUT2D eigenvalue weighted by Gasteiger charge is -2.03. The van der Waals surface area contributed by atoms with Crippen LogP contribution in [0.3, 0.4) is 0 Å². The van der Waals surface area contributed by atoms with Crippen LogP contribution in [-0.2, 0) is 0 Å². The van der Waals surface area contributed by atoms with Gasteiger partial charge in [0, 0.05) is 0 Å². The molecule has 3 heterocycles. The molecular formula is C14H13N3O3S. The minimum Gasteiger partial charge on any atom is -0.466 e. The highest BCUT2D eigenvalue weighted by Crippen LogP contribution is 2.33. The lowest BCUT2D eigenvalue weighted by Crippen LogP contribution is -2.12. The lowest BCUT2D eigenvalue weighted by molar-refractivity contribution is 0.102. The van der Waals surface area contributed by atoms with Gasteiger partial charge in [-0.15, -0.1) is 11.3 Å². The number of aryl methyl sites for hydroxylation is 3. The minimum atomic E-state index is -0.222. The van der Waals surface area contributed by atoms with Gasteiger partial charge in [0.2, 0.25) is 0 Å². The van der Waals surface area contributed by atoms with E-state index in [2.05, 4.69) is 15.5 Å². The number of hydrogen-bond donors (Lipinski definition) is 1. The second-order valence-electron chi connectivity index (χ2n) is 4.59. The molecule has 21 heavy (non-hydrogen) atoms. The Labute approximate surface area is 124 Å². The standard InChI is InChI=1S/C14H13N3O3S/c1-7-6-10(8(2)19-7)13(18)16-11-4-5-21-12(11)14-15-9(3)17-20-14/h4-6H,1-3H3,(H,16,18). The molecule has 3 aromatic rings. The largest absolute Gasteiger partial charge is 0.466 e. The van der Waals surface area contributed by atoms with E-state index in [0.29, 0.717) is 34.5 Å². The quantitative estimate of drug-likeness (QED) is 0.800. The summed E-state index contributed by atoms with van der Waals surface area (Å²) in [5.74, 6) is 2.03. The molecule has 0 fully saturated rings. The Morgan fingerprint density at radius 3 is 2.76 bits per heavy atom. The van der Waals surface area contributed by atoms with E-state index in [9.17, 15) is 4.79 Å². The number of rotatable bonds is 3. The first-order chi connectivity index (χ1) is 10.0. The van der Waals surface area contributed by atoms with Crippen LogP contribution in [0.5, 0.6) is 0 Å². The van der Waals surface area contributed by atoms with E-state index in [4.69, 9.17) is 8.94 Å². The Balaban J connectivity index is 1.88. The number of aromatic nitrogens is 2. The van der Waals surface area contributed by atoms with Gasteiger partial charge in [0.25, 0.3) is 11.8 Å². The van der Waals surface area contributed by atoms with Crippen LogP contribution in [0, 0.1) is 20.8 Å². The fourth-order valence-corrected chi connectivity index (χ4v) is 2.78. The van der Waals surface area contributed by atoms with E-state index >= 15 is 0 Å². The van der Waals surface area contributed by atoms with Crippen molar-refractivity contribution in [2.75, 3.05) is 5.32 Å². The molecule has 0 aromatic carbocycles. The highest BCUT2D eigenvalue weighted by molar-refractivity contribution is 7.14. The smallest absolute Gasteiger partial charge is 0.270 e. The van der Waals surface area contributed by atoms with Gasteiger partial charge >= 0.3 is 0 Å². The molecule has 0 unspecified atom stereocenters. The van der Waals surface area contributed by atoms with Crippen LogP contribution < -0.4 is 5.32 Å². The molecule has 1 N–H and O–H groups in total. The van der Waals surface area contributed by atoms with E-state index in [1.807, 2.05) is 5.38 Å². The summed E-state index contributed by atoms with van der Waals surface area (Å²) >= 11 is 1.43. The van der Waals surface area contributed by atoms with E-state index in [1.54, 1.807) is 32.9 Å². The molecule has 0 spiro atoms. The summed E-state index contributed by atoms with van der Waals surface area (Å²) in [6.45, 7) is 5.31. The van der Waals surface area contributed by atoms with Gasteiger partial charge < -0.3 is 14.3 Å². The molecule has 0 aliphatic carbocycles. The average molecular weight is 303 g/mol. The van der Waals surface area contributed by atoms with Crippen molar-refractivity contribution >= 4 is 22.9 Å². The number of nitrogens with one attached hydrogen (secondary N) is 1. The van der Waals surface area contributed by atoms with Gasteiger partial charge in [0.15, 0.2) is 5.82 Å². The lowest BCUT2D eigenvalue weighted by atomic mass is 10.2. The topological polar surface area (TPSA) is 81.2 Å². The Morgan fingerprint density at radius 1 is 1.33 bits per heavy atom. The molecule has 0 aliphatic heterocycles. The van der Waals surface area contributed by atoms with Crippen LogP contribution in [0.15, 0.2) is 26.5 Å². The number of nitrogens with zero attached hydrogens (tertiary/aromatic N) is 2. The van der Waals surface area contributed by atoms with E-state index in [0.717, 1.165) is 4.88 Å². The van der Waals surface area contributed by atoms with Crippen molar-refractivity contribution in [1.29, 1.82) is 0 Å². The molecule has 0 aliphatic rings. The molecule has 108 valence electrons. The second kappa shape index (κ2) is 5.17. The SMILES string of the molecule is Cc1noc(-c2sccc2NC(=O)c2cc(C)oc2C)n1. The van der Waals surface area contributed by atoms with E-state index in [-0.39, 0.29) is 5.91 Å². The summed E-state index contributed by atoms with van der Waals surface area (Å²) in [7, 11) is 0. The predicted octanol–water partition coefficient (Wildman–Crippen LogP) is 3.57. The van der Waals surface area contributed by atoms with Crippen LogP contribution in [0.25, 0.3) is 10.8 Å². The van der Waals surface area contributed by atoms with E-state index < -0.39 is 0 Å². The van der Waals surface area contributed by atoms with Crippen LogP contribution in [0.1, 0.15) is 27.7 Å². The van der Waals surface area contributed by atoms with Gasteiger partial charge in [-0.1, -0.05) is 5.16 Å². The van der Waals surface area contributed by atoms with Gasteiger partial charge in [-0.2, -0.15) is 4.98 Å². The number of furan rings is 1. The first kappa shape index (κ1) is 13.6. The number of carbonyl (C=O) groups excluding carboxylic acids is 1. The molecule has 7 heteroatoms. The Morgan fingerprint density at radius 2 is 2.14 bits per heavy atom. The van der Waals surface area contributed by atoms with E-state index in [1.165, 1.54) is 11.3 Å². The minimum absolute atomic E-state index is 0.222. The summed E-state index contributed by atoms with van der Waals surface area (Å²) < 4.78 is 10.5. The maximum absolute atomic E-state index is 12.3. The third-order valence-electron chi connectivity index (χ3n) is 2.92. The number of amides is 1. The average Bonchev–Trinajstić information content (AvgIpc) is 3.10. The number of carbonyl (C=O) groups is 1. The summed E-state index contributed by atoms with van der Waals surface area (Å²) in [5.41, 5.74) is 1.17. The summed E-state index contributed by atoms with van der Waals surface area (Å²) in [6.07, 6.45) is 0. The second-order valence-corrected chi connectivity index (χ2v) is 5.51. The van der Waals surface area contributed by atoms with Crippen LogP contribution in [-0.4, -0.2) is 16.0 Å². The molecule has 0 radical (unpaired) electrons. The fourth-order valence-electron chi connectivity index (χ4n) is 2.01. The molecule has 1 amide bonds. The predicted molar refractivity (Wildman–Crippen MR) is 78.5 cm³/mol. The zero-order valence-electron chi connectivity index (χ0n) is 11.8. The van der Waals surface area contributed by atoms with Crippen molar-refractivity contribution in [2.24, 2.45) is 0 Å². The number of thiophene rings is 1. The van der Waals surface area contributed by atoms with Gasteiger partial charge in [-0.05, 0) is 38.3 Å². The fraction of sp³-hybridized carbons (Fsp3) is 0.214. The molecule has 3 aromatic heterocycles. The van der Waals surface area contributed by atoms with Gasteiger partial charge in [0.05, 0.1) is 11.3 Å². The van der Waals surface area contributed by atoms with Gasteiger partial charge in [-0.25, -0.2) is 0 Å². The normalized spacial score (nSPS) is 10.8. The van der Waals surface area contributed by atoms with Crippen LogP contribution >= 0.6 is 11.3 Å². The Bertz CT molecular complexity index is 800. The summed E-state index contributed by atoms with van der Waals surface area (Å²) in [5, 5.41) is 8.47. The van der Waals surface area contributed by atoms with Gasteiger partial charge in [-0.3, -0.25) is 4.79 Å². The first-order valence-corrected chi connectivity index (χ1v) is 7.19. The number of hydrogen-bond acceptors (Lipinski definition) is 6. The molecule has 0 saturated carbocycles. The zero-order chi connectivity index (χ0) is 15.0. The molecule has 6 nitrogen and oxygen atoms in total. The maximum Gasteiger partial charge on any atom is 0.270 e. The Hall–Kier alpha value is -2.41. The maximum atomic E-state index is 12.3. The van der Waals surface area contributed by atoms with Crippen LogP contribution in [0.4, 0.5) is 5.69 Å². The third kappa shape index (κ3) is 2.59. The summed E-state index contributed by atoms with van der Waals surface area (Å²) in [6, 6.07) is 3.52. The van der Waals surface area contributed by atoms with Crippen LogP contribution in [0.2, 0.25) is 0 Å². The van der Waals surface area contributed by atoms with Gasteiger partial charge in [0.1, 0.15) is 16.4 Å². The Kier molecular flexibility index (Phi) is 3.34.